The lowest BCUT2D eigenvalue weighted by Crippen LogP contribution is -2.36. The number of hydrogen-bond acceptors (Lipinski definition) is 8. The Morgan fingerprint density at radius 2 is 1.89 bits per heavy atom. The van der Waals surface area contributed by atoms with Crippen LogP contribution in [0.2, 0.25) is 10.0 Å². The number of carbonyl (C=O) groups is 4. The molecule has 9 nitrogen and oxygen atoms in total. The minimum atomic E-state index is -0.625. The van der Waals surface area contributed by atoms with E-state index >= 15 is 0 Å². The highest BCUT2D eigenvalue weighted by atomic mass is 35.5. The maximum atomic E-state index is 12.8. The van der Waals surface area contributed by atoms with Crippen molar-refractivity contribution in [2.75, 3.05) is 32.2 Å². The number of anilines is 1. The lowest BCUT2D eigenvalue weighted by molar-refractivity contribution is -0.145. The van der Waals surface area contributed by atoms with E-state index in [1.54, 1.807) is 25.1 Å². The molecule has 2 aromatic carbocycles. The first-order valence-electron chi connectivity index (χ1n) is 10.6. The third-order valence-electron chi connectivity index (χ3n) is 4.82. The highest BCUT2D eigenvalue weighted by molar-refractivity contribution is 8.18. The number of rotatable bonds is 9. The molecule has 1 aliphatic rings. The molecule has 0 spiro atoms. The highest BCUT2D eigenvalue weighted by Gasteiger charge is 2.36. The van der Waals surface area contributed by atoms with Crippen molar-refractivity contribution in [2.24, 2.45) is 0 Å². The minimum absolute atomic E-state index is 0.101. The normalized spacial score (nSPS) is 14.2. The number of hydrogen-bond donors (Lipinski definition) is 1. The Labute approximate surface area is 221 Å². The van der Waals surface area contributed by atoms with Crippen LogP contribution in [0.1, 0.15) is 18.1 Å². The molecule has 0 radical (unpaired) electrons. The Bertz CT molecular complexity index is 1250. The van der Waals surface area contributed by atoms with Crippen LogP contribution in [-0.2, 0) is 19.1 Å². The van der Waals surface area contributed by atoms with E-state index in [4.69, 9.17) is 37.4 Å². The van der Waals surface area contributed by atoms with Gasteiger partial charge in [-0.3, -0.25) is 19.3 Å². The molecule has 0 aromatic heterocycles. The van der Waals surface area contributed by atoms with Gasteiger partial charge in [-0.05, 0) is 67.1 Å². The van der Waals surface area contributed by atoms with Crippen molar-refractivity contribution in [3.8, 4) is 11.5 Å². The summed E-state index contributed by atoms with van der Waals surface area (Å²) < 4.78 is 15.5. The summed E-state index contributed by atoms with van der Waals surface area (Å²) in [7, 11) is 1.39. The second-order valence-electron chi connectivity index (χ2n) is 7.41. The number of halogens is 2. The average molecular weight is 553 g/mol. The number of nitrogens with one attached hydrogen (secondary N) is 1. The van der Waals surface area contributed by atoms with Crippen LogP contribution < -0.4 is 14.8 Å². The lowest BCUT2D eigenvalue weighted by atomic mass is 10.1. The van der Waals surface area contributed by atoms with Gasteiger partial charge in [0, 0.05) is 10.7 Å². The van der Waals surface area contributed by atoms with Gasteiger partial charge >= 0.3 is 5.97 Å². The molecule has 0 atom stereocenters. The Kier molecular flexibility index (Phi) is 9.25. The molecule has 1 aliphatic heterocycles. The summed E-state index contributed by atoms with van der Waals surface area (Å²) in [5, 5.41) is 2.64. The fourth-order valence-corrected chi connectivity index (χ4v) is 4.39. The standard InChI is InChI=1S/C24H22Cl2N2O7S/c1-4-34-21(30)12-35-22-17(26)7-14(8-18(22)33-3)9-19-23(31)28(24(32)36-19)11-20(29)27-15-6-5-13(2)16(25)10-15/h5-10H,4,11-12H2,1-3H3,(H,27,29)/b19-9-. The number of thioether (sulfide) groups is 1. The van der Waals surface area contributed by atoms with E-state index < -0.39 is 29.6 Å². The van der Waals surface area contributed by atoms with E-state index in [9.17, 15) is 19.2 Å². The molecule has 2 aromatic rings. The second kappa shape index (κ2) is 12.2. The van der Waals surface area contributed by atoms with Crippen LogP contribution in [-0.4, -0.2) is 54.8 Å². The van der Waals surface area contributed by atoms with Gasteiger partial charge in [-0.15, -0.1) is 0 Å². The van der Waals surface area contributed by atoms with Crippen LogP contribution >= 0.6 is 35.0 Å². The maximum absolute atomic E-state index is 12.8. The van der Waals surface area contributed by atoms with Crippen molar-refractivity contribution in [3.05, 3.63) is 56.4 Å². The molecular weight excluding hydrogens is 531 g/mol. The molecule has 3 amide bonds. The number of nitrogens with zero attached hydrogens (tertiary/aromatic N) is 1. The van der Waals surface area contributed by atoms with Gasteiger partial charge < -0.3 is 19.5 Å². The van der Waals surface area contributed by atoms with Crippen molar-refractivity contribution in [3.63, 3.8) is 0 Å². The SMILES string of the molecule is CCOC(=O)COc1c(Cl)cc(/C=C2\SC(=O)N(CC(=O)Nc3ccc(C)c(Cl)c3)C2=O)cc1OC. The summed E-state index contributed by atoms with van der Waals surface area (Å²) in [6.07, 6.45) is 1.45. The van der Waals surface area contributed by atoms with Crippen LogP contribution in [0.4, 0.5) is 10.5 Å². The lowest BCUT2D eigenvalue weighted by Gasteiger charge is -2.13. The van der Waals surface area contributed by atoms with Gasteiger partial charge in [0.05, 0.1) is 23.6 Å². The fourth-order valence-electron chi connectivity index (χ4n) is 3.10. The third kappa shape index (κ3) is 6.71. The highest BCUT2D eigenvalue weighted by Crippen LogP contribution is 2.39. The number of amides is 3. The Balaban J connectivity index is 1.72. The van der Waals surface area contributed by atoms with Crippen LogP contribution in [0, 0.1) is 6.92 Å². The second-order valence-corrected chi connectivity index (χ2v) is 9.22. The fraction of sp³-hybridized carbons (Fsp3) is 0.250. The number of imide groups is 1. The van der Waals surface area contributed by atoms with Crippen LogP contribution in [0.15, 0.2) is 35.2 Å². The molecule has 1 fully saturated rings. The number of carbonyl (C=O) groups excluding carboxylic acids is 4. The van der Waals surface area contributed by atoms with Gasteiger partial charge in [0.25, 0.3) is 11.1 Å². The number of ether oxygens (including phenoxy) is 3. The summed E-state index contributed by atoms with van der Waals surface area (Å²) in [5.74, 6) is -1.40. The minimum Gasteiger partial charge on any atom is -0.493 e. The van der Waals surface area contributed by atoms with Gasteiger partial charge in [0.1, 0.15) is 6.54 Å². The van der Waals surface area contributed by atoms with Crippen LogP contribution in [0.3, 0.4) is 0 Å². The topological polar surface area (TPSA) is 111 Å². The predicted molar refractivity (Wildman–Crippen MR) is 138 cm³/mol. The summed E-state index contributed by atoms with van der Waals surface area (Å²) >= 11 is 13.1. The quantitative estimate of drug-likeness (QED) is 0.344. The van der Waals surface area contributed by atoms with E-state index in [2.05, 4.69) is 5.32 Å². The van der Waals surface area contributed by atoms with E-state index in [1.165, 1.54) is 25.3 Å². The molecule has 36 heavy (non-hydrogen) atoms. The molecule has 3 rings (SSSR count). The first kappa shape index (κ1) is 27.4. The molecule has 0 aliphatic carbocycles. The first-order valence-corrected chi connectivity index (χ1v) is 12.2. The summed E-state index contributed by atoms with van der Waals surface area (Å²) in [6, 6.07) is 8.03. The van der Waals surface area contributed by atoms with E-state index in [-0.39, 0.29) is 34.6 Å². The number of methoxy groups -OCH3 is 1. The van der Waals surface area contributed by atoms with Crippen molar-refractivity contribution in [1.82, 2.24) is 4.90 Å². The molecule has 1 N–H and O–H groups in total. The Morgan fingerprint density at radius 3 is 2.56 bits per heavy atom. The molecule has 0 bridgehead atoms. The van der Waals surface area contributed by atoms with Gasteiger partial charge in [0.15, 0.2) is 18.1 Å². The zero-order chi connectivity index (χ0) is 26.4. The average Bonchev–Trinajstić information content (AvgIpc) is 3.07. The van der Waals surface area contributed by atoms with Crippen molar-refractivity contribution >= 4 is 69.8 Å². The number of benzene rings is 2. The zero-order valence-corrected chi connectivity index (χ0v) is 21.9. The molecule has 1 saturated heterocycles. The molecule has 1 heterocycles. The third-order valence-corrected chi connectivity index (χ3v) is 6.42. The number of esters is 1. The summed E-state index contributed by atoms with van der Waals surface area (Å²) in [6.45, 7) is 2.89. The summed E-state index contributed by atoms with van der Waals surface area (Å²) in [5.41, 5.74) is 1.75. The number of aryl methyl sites for hydroxylation is 1. The Morgan fingerprint density at radius 1 is 1.14 bits per heavy atom. The monoisotopic (exact) mass is 552 g/mol. The van der Waals surface area contributed by atoms with Gasteiger partial charge in [-0.2, -0.15) is 0 Å². The molecule has 0 unspecified atom stereocenters. The van der Waals surface area contributed by atoms with Gasteiger partial charge in [0.2, 0.25) is 5.91 Å². The molecule has 12 heteroatoms. The van der Waals surface area contributed by atoms with Crippen molar-refractivity contribution in [1.29, 1.82) is 0 Å². The van der Waals surface area contributed by atoms with Crippen LogP contribution in [0.25, 0.3) is 6.08 Å². The maximum Gasteiger partial charge on any atom is 0.344 e. The molecule has 190 valence electrons. The van der Waals surface area contributed by atoms with Crippen molar-refractivity contribution in [2.45, 2.75) is 13.8 Å². The molecular formula is C24H22Cl2N2O7S. The molecule has 0 saturated carbocycles. The van der Waals surface area contributed by atoms with Gasteiger partial charge in [-0.25, -0.2) is 4.79 Å². The van der Waals surface area contributed by atoms with Crippen LogP contribution in [0.5, 0.6) is 11.5 Å². The largest absolute Gasteiger partial charge is 0.493 e. The van der Waals surface area contributed by atoms with E-state index in [1.807, 2.05) is 6.92 Å². The van der Waals surface area contributed by atoms with Gasteiger partial charge in [-0.1, -0.05) is 29.3 Å². The summed E-state index contributed by atoms with van der Waals surface area (Å²) in [4.78, 5) is 50.2. The zero-order valence-electron chi connectivity index (χ0n) is 19.6. The van der Waals surface area contributed by atoms with E-state index in [0.29, 0.717) is 28.0 Å². The Hall–Kier alpha value is -3.21. The van der Waals surface area contributed by atoms with Crippen molar-refractivity contribution < 1.29 is 33.4 Å². The predicted octanol–water partition coefficient (Wildman–Crippen LogP) is 4.93. The van der Waals surface area contributed by atoms with E-state index in [0.717, 1.165) is 10.5 Å². The smallest absolute Gasteiger partial charge is 0.344 e. The first-order chi connectivity index (χ1) is 17.1.